The van der Waals surface area contributed by atoms with Crippen molar-refractivity contribution in [2.45, 2.75) is 78.0 Å². The predicted molar refractivity (Wildman–Crippen MR) is 161 cm³/mol. The number of carbonyl (C=O) groups is 2. The van der Waals surface area contributed by atoms with E-state index >= 15 is 0 Å². The molecule has 2 aliphatic heterocycles. The Morgan fingerprint density at radius 3 is 2.58 bits per heavy atom. The molecule has 1 saturated heterocycles. The summed E-state index contributed by atoms with van der Waals surface area (Å²) in [5.74, 6) is 0.428. The van der Waals surface area contributed by atoms with E-state index < -0.39 is 16.6 Å². The summed E-state index contributed by atoms with van der Waals surface area (Å²) < 4.78 is 21.0. The van der Waals surface area contributed by atoms with Crippen molar-refractivity contribution in [1.82, 2.24) is 14.1 Å². The maximum Gasteiger partial charge on any atom is 0.410 e. The minimum atomic E-state index is -1.25. The van der Waals surface area contributed by atoms with Crippen molar-refractivity contribution in [2.24, 2.45) is 0 Å². The van der Waals surface area contributed by atoms with Gasteiger partial charge < -0.3 is 14.5 Å². The van der Waals surface area contributed by atoms with E-state index in [9.17, 15) is 13.8 Å². The summed E-state index contributed by atoms with van der Waals surface area (Å²) >= 11 is 0. The van der Waals surface area contributed by atoms with E-state index in [1.165, 1.54) is 5.57 Å². The fourth-order valence-electron chi connectivity index (χ4n) is 5.31. The molecule has 7 nitrogen and oxygen atoms in total. The highest BCUT2D eigenvalue weighted by atomic mass is 32.2. The number of likely N-dealkylation sites (tertiary alicyclic amines) is 1. The number of piperidine rings is 1. The Balaban J connectivity index is 1.49. The molecule has 0 saturated carbocycles. The number of ether oxygens (including phenoxy) is 1. The van der Waals surface area contributed by atoms with E-state index in [1.54, 1.807) is 4.90 Å². The molecule has 1 fully saturated rings. The first kappa shape index (κ1) is 30.0. The first-order chi connectivity index (χ1) is 19.2. The molecular formula is C32H43N3O4S. The number of allylic oxidation sites excluding steroid dienone is 6. The molecule has 2 amide bonds. The lowest BCUT2D eigenvalue weighted by Crippen LogP contribution is -2.51. The quantitative estimate of drug-likeness (QED) is 0.373. The van der Waals surface area contributed by atoms with Crippen LogP contribution in [-0.2, 0) is 22.3 Å². The van der Waals surface area contributed by atoms with Gasteiger partial charge in [0.05, 0.1) is 16.7 Å². The zero-order valence-corrected chi connectivity index (χ0v) is 25.1. The van der Waals surface area contributed by atoms with Crippen molar-refractivity contribution in [1.29, 1.82) is 0 Å². The lowest BCUT2D eigenvalue weighted by molar-refractivity contribution is 0.0155. The molecule has 0 N–H and O–H groups in total. The van der Waals surface area contributed by atoms with Crippen LogP contribution in [0, 0.1) is 0 Å². The third kappa shape index (κ3) is 7.82. The van der Waals surface area contributed by atoms with Gasteiger partial charge in [0, 0.05) is 43.5 Å². The summed E-state index contributed by atoms with van der Waals surface area (Å²) in [4.78, 5) is 29.9. The molecule has 2 unspecified atom stereocenters. The summed E-state index contributed by atoms with van der Waals surface area (Å²) in [6.45, 7) is 9.81. The summed E-state index contributed by atoms with van der Waals surface area (Å²) in [5, 5.41) is 0. The van der Waals surface area contributed by atoms with Crippen LogP contribution >= 0.6 is 0 Å². The highest BCUT2D eigenvalue weighted by Crippen LogP contribution is 2.28. The standard InChI is InChI=1S/C32H43N3O4S/c1-5-6-22-40(38)35(28-14-11-20-33(24-28)31(37)39-32(2,3)4)23-25-16-18-27(19-17-25)30(36)34-21-10-13-26-12-8-7-9-15-29(26)34/h5-6,8-9,12,15-19,28H,7,10-11,13-14,20-24H2,1-4H3/b6-5-. The van der Waals surface area contributed by atoms with Crippen LogP contribution in [0.2, 0.25) is 0 Å². The van der Waals surface area contributed by atoms with Crippen LogP contribution in [0.5, 0.6) is 0 Å². The molecule has 40 heavy (non-hydrogen) atoms. The largest absolute Gasteiger partial charge is 0.444 e. The monoisotopic (exact) mass is 565 g/mol. The molecular weight excluding hydrogens is 522 g/mol. The van der Waals surface area contributed by atoms with Crippen LogP contribution in [0.1, 0.15) is 75.7 Å². The number of hydrogen-bond acceptors (Lipinski definition) is 4. The van der Waals surface area contributed by atoms with E-state index in [0.717, 1.165) is 43.4 Å². The van der Waals surface area contributed by atoms with Gasteiger partial charge in [0.1, 0.15) is 5.60 Å². The van der Waals surface area contributed by atoms with Crippen LogP contribution in [0.15, 0.2) is 72.0 Å². The lowest BCUT2D eigenvalue weighted by Gasteiger charge is -2.39. The van der Waals surface area contributed by atoms with Gasteiger partial charge in [-0.2, -0.15) is 0 Å². The predicted octanol–water partition coefficient (Wildman–Crippen LogP) is 6.13. The van der Waals surface area contributed by atoms with Crippen LogP contribution in [0.3, 0.4) is 0 Å². The van der Waals surface area contributed by atoms with Gasteiger partial charge in [-0.3, -0.25) is 4.79 Å². The first-order valence-electron chi connectivity index (χ1n) is 14.4. The molecule has 0 bridgehead atoms. The summed E-state index contributed by atoms with van der Waals surface area (Å²) in [6, 6.07) is 7.63. The van der Waals surface area contributed by atoms with Crippen molar-refractivity contribution in [3.63, 3.8) is 0 Å². The summed E-state index contributed by atoms with van der Waals surface area (Å²) in [6.07, 6.45) is 16.5. The third-order valence-corrected chi connectivity index (χ3v) is 8.72. The average Bonchev–Trinajstić information content (AvgIpc) is 3.19. The van der Waals surface area contributed by atoms with Gasteiger partial charge in [-0.05, 0) is 89.1 Å². The van der Waals surface area contributed by atoms with E-state index in [2.05, 4.69) is 24.3 Å². The Morgan fingerprint density at radius 2 is 1.85 bits per heavy atom. The molecule has 1 aromatic rings. The molecule has 2 heterocycles. The molecule has 216 valence electrons. The Bertz CT molecular complexity index is 1210. The van der Waals surface area contributed by atoms with E-state index in [-0.39, 0.29) is 18.0 Å². The van der Waals surface area contributed by atoms with Gasteiger partial charge in [-0.1, -0.05) is 42.5 Å². The molecule has 3 aliphatic rings. The SMILES string of the molecule is C/C=C\CS(=O)N(Cc1ccc(C(=O)N2CCCC3=C2C=CCC=C3)cc1)C1CCCN(C(=O)OC(C)(C)C)C1. The van der Waals surface area contributed by atoms with Gasteiger partial charge in [-0.25, -0.2) is 13.3 Å². The second-order valence-corrected chi connectivity index (χ2v) is 13.0. The molecule has 0 spiro atoms. The van der Waals surface area contributed by atoms with Gasteiger partial charge in [-0.15, -0.1) is 0 Å². The van der Waals surface area contributed by atoms with Crippen LogP contribution in [0.4, 0.5) is 4.79 Å². The number of amides is 2. The minimum Gasteiger partial charge on any atom is -0.444 e. The fourth-order valence-corrected chi connectivity index (χ4v) is 6.65. The summed E-state index contributed by atoms with van der Waals surface area (Å²) in [5.41, 5.74) is 3.29. The Morgan fingerprint density at radius 1 is 1.10 bits per heavy atom. The van der Waals surface area contributed by atoms with Crippen LogP contribution in [-0.4, -0.2) is 67.3 Å². The molecule has 2 atom stereocenters. The maximum absolute atomic E-state index is 13.5. The second kappa shape index (κ2) is 13.6. The van der Waals surface area contributed by atoms with Gasteiger partial charge in [0.2, 0.25) is 0 Å². The van der Waals surface area contributed by atoms with Crippen LogP contribution in [0.25, 0.3) is 0 Å². The molecule has 0 aromatic heterocycles. The number of benzene rings is 1. The number of hydrogen-bond donors (Lipinski definition) is 0. The summed E-state index contributed by atoms with van der Waals surface area (Å²) in [7, 11) is -1.25. The van der Waals surface area contributed by atoms with E-state index in [1.807, 2.05) is 73.3 Å². The molecule has 1 aliphatic carbocycles. The van der Waals surface area contributed by atoms with Gasteiger partial charge in [0.15, 0.2) is 0 Å². The van der Waals surface area contributed by atoms with Crippen molar-refractivity contribution in [3.05, 3.63) is 83.1 Å². The fraction of sp³-hybridized carbons (Fsp3) is 0.500. The van der Waals surface area contributed by atoms with Crippen molar-refractivity contribution in [2.75, 3.05) is 25.4 Å². The molecule has 8 heteroatoms. The third-order valence-electron chi connectivity index (χ3n) is 7.29. The first-order valence-corrected chi connectivity index (χ1v) is 15.6. The second-order valence-electron chi connectivity index (χ2n) is 11.6. The Labute approximate surface area is 241 Å². The lowest BCUT2D eigenvalue weighted by atomic mass is 10.0. The molecule has 1 aromatic carbocycles. The average molecular weight is 566 g/mol. The van der Waals surface area contributed by atoms with Gasteiger partial charge >= 0.3 is 6.09 Å². The van der Waals surface area contributed by atoms with Crippen molar-refractivity contribution < 1.29 is 18.5 Å². The smallest absolute Gasteiger partial charge is 0.410 e. The molecule has 0 radical (unpaired) electrons. The van der Waals surface area contributed by atoms with Crippen LogP contribution < -0.4 is 0 Å². The zero-order valence-electron chi connectivity index (χ0n) is 24.3. The van der Waals surface area contributed by atoms with E-state index in [4.69, 9.17) is 4.74 Å². The van der Waals surface area contributed by atoms with Crippen molar-refractivity contribution >= 4 is 23.0 Å². The number of carbonyl (C=O) groups excluding carboxylic acids is 2. The highest BCUT2D eigenvalue weighted by molar-refractivity contribution is 7.82. The Kier molecular flexibility index (Phi) is 10.2. The molecule has 4 rings (SSSR count). The zero-order chi connectivity index (χ0) is 28.7. The van der Waals surface area contributed by atoms with Gasteiger partial charge in [0.25, 0.3) is 5.91 Å². The topological polar surface area (TPSA) is 70.2 Å². The maximum atomic E-state index is 13.5. The van der Waals surface area contributed by atoms with Crippen molar-refractivity contribution in [3.8, 4) is 0 Å². The van der Waals surface area contributed by atoms with E-state index in [0.29, 0.717) is 37.5 Å². The highest BCUT2D eigenvalue weighted by Gasteiger charge is 2.33. The normalized spacial score (nSPS) is 20.6. The minimum absolute atomic E-state index is 0.00694. The Hall–Kier alpha value is -2.97. The number of rotatable bonds is 7. The number of nitrogens with zero attached hydrogens (tertiary/aromatic N) is 3.